The quantitative estimate of drug-likeness (QED) is 0.231. The summed E-state index contributed by atoms with van der Waals surface area (Å²) in [5.41, 5.74) is 6.14. The highest BCUT2D eigenvalue weighted by Crippen LogP contribution is 2.28. The van der Waals surface area contributed by atoms with Crippen molar-refractivity contribution in [2.75, 3.05) is 6.54 Å². The van der Waals surface area contributed by atoms with Gasteiger partial charge in [0.2, 0.25) is 0 Å². The number of aryl methyl sites for hydroxylation is 1. The Bertz CT molecular complexity index is 1440. The van der Waals surface area contributed by atoms with Gasteiger partial charge in [-0.25, -0.2) is 9.78 Å². The van der Waals surface area contributed by atoms with E-state index in [1.807, 2.05) is 51.1 Å². The molecule has 0 aliphatic carbocycles. The minimum atomic E-state index is -0.507. The fourth-order valence-corrected chi connectivity index (χ4v) is 4.93. The molecule has 0 atom stereocenters. The summed E-state index contributed by atoms with van der Waals surface area (Å²) >= 11 is 0. The van der Waals surface area contributed by atoms with Crippen LogP contribution in [0.3, 0.4) is 0 Å². The number of hydrogen-bond donors (Lipinski definition) is 0. The Morgan fingerprint density at radius 3 is 2.48 bits per heavy atom. The van der Waals surface area contributed by atoms with Crippen molar-refractivity contribution in [3.8, 4) is 22.7 Å². The summed E-state index contributed by atoms with van der Waals surface area (Å²) in [5.74, 6) is 1.88. The van der Waals surface area contributed by atoms with Crippen LogP contribution in [0.2, 0.25) is 0 Å². The SMILES string of the molecule is CCCCc1nc(-c2ccc(OCc3ccccc3)cc2)cn1-c1ccc2c(c1)CN(C(=O)OC(C)(C)C)CC2. The van der Waals surface area contributed by atoms with Crippen molar-refractivity contribution in [1.29, 1.82) is 0 Å². The number of amides is 1. The summed E-state index contributed by atoms with van der Waals surface area (Å²) in [7, 11) is 0. The van der Waals surface area contributed by atoms with Crippen molar-refractivity contribution in [3.05, 3.63) is 102 Å². The van der Waals surface area contributed by atoms with Crippen LogP contribution in [0.15, 0.2) is 79.0 Å². The molecule has 0 N–H and O–H groups in total. The van der Waals surface area contributed by atoms with E-state index in [0.29, 0.717) is 19.7 Å². The summed E-state index contributed by atoms with van der Waals surface area (Å²) < 4.78 is 13.8. The minimum Gasteiger partial charge on any atom is -0.489 e. The van der Waals surface area contributed by atoms with Gasteiger partial charge in [-0.3, -0.25) is 0 Å². The summed E-state index contributed by atoms with van der Waals surface area (Å²) in [4.78, 5) is 19.6. The van der Waals surface area contributed by atoms with Gasteiger partial charge in [-0.05, 0) is 86.7 Å². The molecule has 1 aliphatic rings. The number of imidazole rings is 1. The van der Waals surface area contributed by atoms with Gasteiger partial charge < -0.3 is 18.9 Å². The van der Waals surface area contributed by atoms with E-state index in [2.05, 4.69) is 60.2 Å². The summed E-state index contributed by atoms with van der Waals surface area (Å²) in [6, 6.07) is 24.9. The molecular weight excluding hydrogens is 498 g/mol. The lowest BCUT2D eigenvalue weighted by Gasteiger charge is -2.31. The van der Waals surface area contributed by atoms with Crippen LogP contribution in [0, 0.1) is 0 Å². The summed E-state index contributed by atoms with van der Waals surface area (Å²) in [5, 5.41) is 0. The topological polar surface area (TPSA) is 56.6 Å². The molecular formula is C34H39N3O3. The molecule has 2 heterocycles. The molecule has 0 saturated heterocycles. The second-order valence-electron chi connectivity index (χ2n) is 11.4. The highest BCUT2D eigenvalue weighted by molar-refractivity contribution is 5.69. The number of unbranched alkanes of at least 4 members (excludes halogenated alkanes) is 1. The molecule has 208 valence electrons. The van der Waals surface area contributed by atoms with Crippen LogP contribution >= 0.6 is 0 Å². The van der Waals surface area contributed by atoms with E-state index in [9.17, 15) is 4.79 Å². The Kier molecular flexibility index (Phi) is 8.24. The highest BCUT2D eigenvalue weighted by Gasteiger charge is 2.26. The number of fused-ring (bicyclic) bond motifs is 1. The standard InChI is InChI=1S/C34H39N3O3/c1-5-6-12-32-35-31(27-14-17-30(18-15-27)39-24-25-10-8-7-9-11-25)23-37(32)29-16-13-26-19-20-36(22-28(26)21-29)33(38)40-34(2,3)4/h7-11,13-18,21,23H,5-6,12,19-20,22,24H2,1-4H3. The first-order valence-corrected chi connectivity index (χ1v) is 14.2. The number of ether oxygens (including phenoxy) is 2. The molecule has 0 saturated carbocycles. The molecule has 1 amide bonds. The number of benzene rings is 3. The maximum absolute atomic E-state index is 12.7. The van der Waals surface area contributed by atoms with Gasteiger partial charge in [0, 0.05) is 37.0 Å². The molecule has 0 spiro atoms. The molecule has 6 nitrogen and oxygen atoms in total. The predicted molar refractivity (Wildman–Crippen MR) is 159 cm³/mol. The molecule has 0 unspecified atom stereocenters. The molecule has 1 aliphatic heterocycles. The van der Waals surface area contributed by atoms with Crippen LogP contribution in [0.1, 0.15) is 63.1 Å². The van der Waals surface area contributed by atoms with E-state index in [4.69, 9.17) is 14.5 Å². The van der Waals surface area contributed by atoms with Gasteiger partial charge in [-0.1, -0.05) is 49.7 Å². The van der Waals surface area contributed by atoms with Crippen molar-refractivity contribution >= 4 is 6.09 Å². The second-order valence-corrected chi connectivity index (χ2v) is 11.4. The van der Waals surface area contributed by atoms with Crippen LogP contribution in [0.5, 0.6) is 5.75 Å². The van der Waals surface area contributed by atoms with Gasteiger partial charge in [0.15, 0.2) is 0 Å². The Balaban J connectivity index is 1.36. The van der Waals surface area contributed by atoms with Crippen LogP contribution in [0.4, 0.5) is 4.79 Å². The normalized spacial score (nSPS) is 13.2. The highest BCUT2D eigenvalue weighted by atomic mass is 16.6. The molecule has 4 aromatic rings. The van der Waals surface area contributed by atoms with E-state index in [1.165, 1.54) is 5.56 Å². The molecule has 1 aromatic heterocycles. The lowest BCUT2D eigenvalue weighted by molar-refractivity contribution is 0.0224. The summed E-state index contributed by atoms with van der Waals surface area (Å²) in [6.45, 7) is 9.67. The van der Waals surface area contributed by atoms with Crippen LogP contribution in [0.25, 0.3) is 16.9 Å². The van der Waals surface area contributed by atoms with Gasteiger partial charge in [-0.2, -0.15) is 0 Å². The molecule has 5 rings (SSSR count). The Hall–Kier alpha value is -4.06. The number of aromatic nitrogens is 2. The molecule has 40 heavy (non-hydrogen) atoms. The van der Waals surface area contributed by atoms with Crippen molar-refractivity contribution < 1.29 is 14.3 Å². The number of hydrogen-bond acceptors (Lipinski definition) is 4. The maximum Gasteiger partial charge on any atom is 0.410 e. The van der Waals surface area contributed by atoms with Gasteiger partial charge >= 0.3 is 6.09 Å². The van der Waals surface area contributed by atoms with Crippen molar-refractivity contribution in [2.45, 2.75) is 72.1 Å². The van der Waals surface area contributed by atoms with Gasteiger partial charge in [-0.15, -0.1) is 0 Å². The fourth-order valence-electron chi connectivity index (χ4n) is 4.93. The molecule has 3 aromatic carbocycles. The van der Waals surface area contributed by atoms with Crippen LogP contribution < -0.4 is 4.74 Å². The van der Waals surface area contributed by atoms with Crippen LogP contribution in [-0.4, -0.2) is 32.7 Å². The fraction of sp³-hybridized carbons (Fsp3) is 0.353. The van der Waals surface area contributed by atoms with E-state index < -0.39 is 5.60 Å². The lowest BCUT2D eigenvalue weighted by Crippen LogP contribution is -2.39. The Morgan fingerprint density at radius 1 is 0.975 bits per heavy atom. The van der Waals surface area contributed by atoms with E-state index in [-0.39, 0.29) is 6.09 Å². The van der Waals surface area contributed by atoms with E-state index in [0.717, 1.165) is 65.3 Å². The average molecular weight is 538 g/mol. The smallest absolute Gasteiger partial charge is 0.410 e. The number of rotatable bonds is 8. The number of carbonyl (C=O) groups excluding carboxylic acids is 1. The molecule has 6 heteroatoms. The third kappa shape index (κ3) is 6.74. The predicted octanol–water partition coefficient (Wildman–Crippen LogP) is 7.75. The largest absolute Gasteiger partial charge is 0.489 e. The van der Waals surface area contributed by atoms with E-state index >= 15 is 0 Å². The first-order chi connectivity index (χ1) is 19.3. The Labute approximate surface area is 237 Å². The first kappa shape index (κ1) is 27.5. The second kappa shape index (κ2) is 12.0. The molecule has 0 bridgehead atoms. The first-order valence-electron chi connectivity index (χ1n) is 14.2. The van der Waals surface area contributed by atoms with Crippen molar-refractivity contribution in [1.82, 2.24) is 14.5 Å². The zero-order valence-corrected chi connectivity index (χ0v) is 24.0. The van der Waals surface area contributed by atoms with Gasteiger partial charge in [0.1, 0.15) is 23.8 Å². The third-order valence-corrected chi connectivity index (χ3v) is 7.06. The molecule has 0 fully saturated rings. The summed E-state index contributed by atoms with van der Waals surface area (Å²) in [6.07, 6.45) is 5.76. The average Bonchev–Trinajstić information content (AvgIpc) is 3.38. The lowest BCUT2D eigenvalue weighted by atomic mass is 9.99. The van der Waals surface area contributed by atoms with Gasteiger partial charge in [0.05, 0.1) is 5.69 Å². The molecule has 0 radical (unpaired) electrons. The van der Waals surface area contributed by atoms with Crippen LogP contribution in [-0.2, 0) is 30.7 Å². The monoisotopic (exact) mass is 537 g/mol. The minimum absolute atomic E-state index is 0.256. The van der Waals surface area contributed by atoms with Crippen molar-refractivity contribution in [2.24, 2.45) is 0 Å². The zero-order valence-electron chi connectivity index (χ0n) is 24.0. The van der Waals surface area contributed by atoms with Gasteiger partial charge in [0.25, 0.3) is 0 Å². The third-order valence-electron chi connectivity index (χ3n) is 7.06. The Morgan fingerprint density at radius 2 is 1.75 bits per heavy atom. The maximum atomic E-state index is 12.7. The number of carbonyl (C=O) groups is 1. The number of nitrogens with zero attached hydrogens (tertiary/aromatic N) is 3. The van der Waals surface area contributed by atoms with E-state index in [1.54, 1.807) is 4.90 Å². The zero-order chi connectivity index (χ0) is 28.1. The van der Waals surface area contributed by atoms with Crippen molar-refractivity contribution in [3.63, 3.8) is 0 Å².